The standard InChI is InChI=1S/C17H22N6/c1-12-11-15(21-22-17-19-9-10-23(17)2)7-8-16(12)20-14-5-3-13(18)4-6-14/h3-12,16,20-21H,18H2,1-2H3,(H,19,22)/p+1. The van der Waals surface area contributed by atoms with Crippen molar-refractivity contribution in [2.45, 2.75) is 13.0 Å². The molecule has 1 aromatic carbocycles. The van der Waals surface area contributed by atoms with E-state index in [0.717, 1.165) is 23.0 Å². The van der Waals surface area contributed by atoms with Gasteiger partial charge in [-0.3, -0.25) is 0 Å². The molecule has 1 aliphatic carbocycles. The second-order valence-electron chi connectivity index (χ2n) is 5.83. The van der Waals surface area contributed by atoms with E-state index in [1.54, 1.807) is 6.20 Å². The molecule has 2 aromatic rings. The van der Waals surface area contributed by atoms with Crippen molar-refractivity contribution in [1.82, 2.24) is 9.55 Å². The lowest BCUT2D eigenvalue weighted by atomic mass is 9.95. The molecule has 0 bridgehead atoms. The largest absolute Gasteiger partial charge is 0.399 e. The number of hydrogen-bond acceptors (Lipinski definition) is 4. The molecular formula is C17H23N6+. The van der Waals surface area contributed by atoms with Gasteiger partial charge in [-0.05, 0) is 36.4 Å². The molecule has 1 aliphatic rings. The van der Waals surface area contributed by atoms with E-state index >= 15 is 0 Å². The molecule has 120 valence electrons. The van der Waals surface area contributed by atoms with Crippen LogP contribution in [-0.2, 0) is 7.05 Å². The van der Waals surface area contributed by atoms with Gasteiger partial charge >= 0.3 is 0 Å². The number of nitrogens with one attached hydrogen (secondary N) is 2. The van der Waals surface area contributed by atoms with Crippen LogP contribution < -0.4 is 21.9 Å². The second-order valence-corrected chi connectivity index (χ2v) is 5.83. The van der Waals surface area contributed by atoms with Gasteiger partial charge in [-0.15, -0.1) is 0 Å². The van der Waals surface area contributed by atoms with Crippen molar-refractivity contribution in [1.29, 1.82) is 0 Å². The van der Waals surface area contributed by atoms with Crippen molar-refractivity contribution in [3.05, 3.63) is 60.6 Å². The highest BCUT2D eigenvalue weighted by molar-refractivity contribution is 5.52. The number of aryl methyl sites for hydroxylation is 1. The zero-order valence-electron chi connectivity index (χ0n) is 13.4. The molecule has 0 amide bonds. The fourth-order valence-electron chi connectivity index (χ4n) is 2.55. The molecule has 0 fully saturated rings. The molecule has 6 N–H and O–H groups in total. The van der Waals surface area contributed by atoms with Gasteiger partial charge < -0.3 is 15.6 Å². The molecular weight excluding hydrogens is 288 g/mol. The Morgan fingerprint density at radius 2 is 2.04 bits per heavy atom. The van der Waals surface area contributed by atoms with E-state index in [0.29, 0.717) is 5.92 Å². The summed E-state index contributed by atoms with van der Waals surface area (Å²) in [5.41, 5.74) is 13.9. The van der Waals surface area contributed by atoms with Crippen LogP contribution in [-0.4, -0.2) is 15.6 Å². The maximum atomic E-state index is 5.72. The lowest BCUT2D eigenvalue weighted by molar-refractivity contribution is -0.571. The van der Waals surface area contributed by atoms with Gasteiger partial charge in [-0.25, -0.2) is 10.4 Å². The number of quaternary nitrogens is 1. The van der Waals surface area contributed by atoms with Crippen molar-refractivity contribution < 1.29 is 5.43 Å². The average molecular weight is 311 g/mol. The zero-order chi connectivity index (χ0) is 16.2. The van der Waals surface area contributed by atoms with Gasteiger partial charge in [0.15, 0.2) is 0 Å². The van der Waals surface area contributed by atoms with Crippen LogP contribution in [0.25, 0.3) is 0 Å². The van der Waals surface area contributed by atoms with Crippen LogP contribution in [0.1, 0.15) is 6.92 Å². The van der Waals surface area contributed by atoms with Crippen LogP contribution in [0.15, 0.2) is 60.6 Å². The van der Waals surface area contributed by atoms with E-state index in [2.05, 4.69) is 40.9 Å². The van der Waals surface area contributed by atoms with Crippen molar-refractivity contribution in [3.8, 4) is 0 Å². The first-order valence-electron chi connectivity index (χ1n) is 7.71. The number of aromatic nitrogens is 2. The summed E-state index contributed by atoms with van der Waals surface area (Å²) in [5, 5.41) is 3.52. The third-order valence-electron chi connectivity index (χ3n) is 3.95. The number of nitrogens with zero attached hydrogens (tertiary/aromatic N) is 2. The van der Waals surface area contributed by atoms with Gasteiger partial charge in [-0.2, -0.15) is 5.43 Å². The van der Waals surface area contributed by atoms with Crippen molar-refractivity contribution in [2.75, 3.05) is 16.5 Å². The molecule has 2 atom stereocenters. The summed E-state index contributed by atoms with van der Waals surface area (Å²) in [4.78, 5) is 4.24. The highest BCUT2D eigenvalue weighted by Gasteiger charge is 2.18. The Kier molecular flexibility index (Phi) is 4.34. The Balaban J connectivity index is 1.58. The zero-order valence-corrected chi connectivity index (χ0v) is 13.4. The maximum absolute atomic E-state index is 5.72. The molecule has 6 nitrogen and oxygen atoms in total. The van der Waals surface area contributed by atoms with Crippen LogP contribution in [0.5, 0.6) is 0 Å². The second kappa shape index (κ2) is 6.58. The van der Waals surface area contributed by atoms with Crippen LogP contribution in [0.3, 0.4) is 0 Å². The number of allylic oxidation sites excluding steroid dienone is 1. The van der Waals surface area contributed by atoms with Crippen LogP contribution >= 0.6 is 0 Å². The fourth-order valence-corrected chi connectivity index (χ4v) is 2.55. The van der Waals surface area contributed by atoms with Crippen LogP contribution in [0, 0.1) is 5.92 Å². The van der Waals surface area contributed by atoms with Gasteiger partial charge in [0.05, 0.1) is 6.04 Å². The SMILES string of the molecule is CC1C=C([NH2+]Nc2nccn2C)C=CC1Nc1ccc(N)cc1. The van der Waals surface area contributed by atoms with E-state index < -0.39 is 0 Å². The summed E-state index contributed by atoms with van der Waals surface area (Å²) in [5.74, 6) is 1.21. The number of nitrogen functional groups attached to an aromatic ring is 2. The van der Waals surface area contributed by atoms with E-state index in [4.69, 9.17) is 5.73 Å². The minimum atomic E-state index is 0.268. The molecule has 1 heterocycles. The maximum Gasteiger partial charge on any atom is 0.249 e. The third kappa shape index (κ3) is 3.73. The predicted molar refractivity (Wildman–Crippen MR) is 93.4 cm³/mol. The quantitative estimate of drug-likeness (QED) is 0.383. The number of rotatable bonds is 5. The van der Waals surface area contributed by atoms with Gasteiger partial charge in [0.25, 0.3) is 0 Å². The minimum Gasteiger partial charge on any atom is -0.399 e. The first-order chi connectivity index (χ1) is 11.1. The summed E-state index contributed by atoms with van der Waals surface area (Å²) < 4.78 is 1.94. The normalized spacial score (nSPS) is 20.2. The van der Waals surface area contributed by atoms with Crippen molar-refractivity contribution in [3.63, 3.8) is 0 Å². The van der Waals surface area contributed by atoms with Crippen molar-refractivity contribution >= 4 is 17.3 Å². The number of hydrogen-bond donors (Lipinski definition) is 4. The van der Waals surface area contributed by atoms with Crippen molar-refractivity contribution in [2.24, 2.45) is 13.0 Å². The van der Waals surface area contributed by atoms with Crippen LogP contribution in [0.4, 0.5) is 17.3 Å². The predicted octanol–water partition coefficient (Wildman–Crippen LogP) is 1.46. The monoisotopic (exact) mass is 311 g/mol. The van der Waals surface area contributed by atoms with E-state index in [9.17, 15) is 0 Å². The molecule has 0 saturated heterocycles. The lowest BCUT2D eigenvalue weighted by Crippen LogP contribution is -2.86. The summed E-state index contributed by atoms with van der Waals surface area (Å²) >= 11 is 0. The first-order valence-corrected chi connectivity index (χ1v) is 7.71. The van der Waals surface area contributed by atoms with Gasteiger partial charge in [-0.1, -0.05) is 13.0 Å². The molecule has 2 unspecified atom stereocenters. The average Bonchev–Trinajstić information content (AvgIpc) is 2.95. The highest BCUT2D eigenvalue weighted by atomic mass is 15.4. The number of anilines is 3. The summed E-state index contributed by atoms with van der Waals surface area (Å²) in [6.07, 6.45) is 10.2. The minimum absolute atomic E-state index is 0.268. The number of imidazole rings is 1. The molecule has 0 radical (unpaired) electrons. The topological polar surface area (TPSA) is 84.5 Å². The number of nitrogens with two attached hydrogens (primary N) is 2. The summed E-state index contributed by atoms with van der Waals surface area (Å²) in [6, 6.07) is 8.09. The van der Waals surface area contributed by atoms with Gasteiger partial charge in [0.2, 0.25) is 5.95 Å². The van der Waals surface area contributed by atoms with E-state index in [1.807, 2.05) is 47.5 Å². The summed E-state index contributed by atoms with van der Waals surface area (Å²) in [6.45, 7) is 2.20. The Morgan fingerprint density at radius 1 is 1.26 bits per heavy atom. The molecule has 3 rings (SSSR count). The molecule has 23 heavy (non-hydrogen) atoms. The molecule has 1 aromatic heterocycles. The van der Waals surface area contributed by atoms with E-state index in [1.165, 1.54) is 0 Å². The third-order valence-corrected chi connectivity index (χ3v) is 3.95. The highest BCUT2D eigenvalue weighted by Crippen LogP contribution is 2.19. The molecule has 6 heteroatoms. The van der Waals surface area contributed by atoms with Crippen LogP contribution in [0.2, 0.25) is 0 Å². The fraction of sp³-hybridized carbons (Fsp3) is 0.235. The lowest BCUT2D eigenvalue weighted by Gasteiger charge is -2.24. The molecule has 0 aliphatic heterocycles. The van der Waals surface area contributed by atoms with E-state index in [-0.39, 0.29) is 6.04 Å². The molecule has 0 spiro atoms. The smallest absolute Gasteiger partial charge is 0.249 e. The summed E-state index contributed by atoms with van der Waals surface area (Å²) in [7, 11) is 1.96. The number of benzene rings is 1. The Labute approximate surface area is 136 Å². The molecule has 0 saturated carbocycles. The van der Waals surface area contributed by atoms with Gasteiger partial charge in [0, 0.05) is 36.7 Å². The van der Waals surface area contributed by atoms with Gasteiger partial charge in [0.1, 0.15) is 5.70 Å². The Hall–Kier alpha value is -2.73. The first kappa shape index (κ1) is 15.2. The Morgan fingerprint density at radius 3 is 2.70 bits per heavy atom. The Bertz CT molecular complexity index is 713.